The first-order valence-corrected chi connectivity index (χ1v) is 8.48. The first kappa shape index (κ1) is 17.0. The van der Waals surface area contributed by atoms with Crippen molar-refractivity contribution in [3.63, 3.8) is 0 Å². The van der Waals surface area contributed by atoms with E-state index in [4.69, 9.17) is 0 Å². The number of carbonyl (C=O) groups excluding carboxylic acids is 2. The Morgan fingerprint density at radius 3 is 2.40 bits per heavy atom. The van der Waals surface area contributed by atoms with Gasteiger partial charge in [-0.2, -0.15) is 0 Å². The number of amides is 3. The molecule has 0 aliphatic carbocycles. The van der Waals surface area contributed by atoms with Crippen molar-refractivity contribution in [1.29, 1.82) is 0 Å². The van der Waals surface area contributed by atoms with Crippen molar-refractivity contribution in [2.75, 3.05) is 23.3 Å². The zero-order valence-corrected chi connectivity index (χ0v) is 14.8. The van der Waals surface area contributed by atoms with Gasteiger partial charge < -0.3 is 15.1 Å². The van der Waals surface area contributed by atoms with Crippen LogP contribution in [0.25, 0.3) is 0 Å². The molecule has 1 atom stereocenters. The number of carbonyl (C=O) groups is 2. The summed E-state index contributed by atoms with van der Waals surface area (Å²) in [6, 6.07) is 14.7. The molecule has 130 valence electrons. The zero-order valence-electron chi connectivity index (χ0n) is 14.8. The molecular weight excluding hydrogens is 314 g/mol. The third kappa shape index (κ3) is 3.50. The van der Waals surface area contributed by atoms with Crippen molar-refractivity contribution < 1.29 is 9.59 Å². The SMILES string of the molecule is Cc1ccc(NC(=O)N2CCN(c3ccccc3C)C(=O)[C@@H]2C)cc1. The molecule has 1 N–H and O–H groups in total. The molecule has 1 saturated heterocycles. The minimum Gasteiger partial charge on any atom is -0.311 e. The van der Waals surface area contributed by atoms with Gasteiger partial charge in [-0.25, -0.2) is 4.79 Å². The van der Waals surface area contributed by atoms with Crippen LogP contribution < -0.4 is 10.2 Å². The van der Waals surface area contributed by atoms with Crippen LogP contribution in [0.3, 0.4) is 0 Å². The highest BCUT2D eigenvalue weighted by molar-refractivity contribution is 6.02. The minimum absolute atomic E-state index is 0.0559. The summed E-state index contributed by atoms with van der Waals surface area (Å²) in [6.45, 7) is 6.76. The molecule has 1 aliphatic rings. The van der Waals surface area contributed by atoms with Crippen molar-refractivity contribution in [3.05, 3.63) is 59.7 Å². The molecule has 0 aromatic heterocycles. The predicted molar refractivity (Wildman–Crippen MR) is 99.9 cm³/mol. The smallest absolute Gasteiger partial charge is 0.311 e. The summed E-state index contributed by atoms with van der Waals surface area (Å²) in [5.41, 5.74) is 3.84. The van der Waals surface area contributed by atoms with Crippen LogP contribution >= 0.6 is 0 Å². The first-order valence-electron chi connectivity index (χ1n) is 8.48. The summed E-state index contributed by atoms with van der Waals surface area (Å²) in [4.78, 5) is 28.7. The Bertz CT molecular complexity index is 786. The number of nitrogens with one attached hydrogen (secondary N) is 1. The van der Waals surface area contributed by atoms with Crippen LogP contribution in [0.4, 0.5) is 16.2 Å². The van der Waals surface area contributed by atoms with Crippen LogP contribution in [-0.2, 0) is 4.79 Å². The summed E-state index contributed by atoms with van der Waals surface area (Å²) in [5.74, 6) is -0.0559. The van der Waals surface area contributed by atoms with Gasteiger partial charge in [0.1, 0.15) is 6.04 Å². The van der Waals surface area contributed by atoms with Crippen molar-refractivity contribution in [1.82, 2.24) is 4.90 Å². The number of nitrogens with zero attached hydrogens (tertiary/aromatic N) is 2. The zero-order chi connectivity index (χ0) is 18.0. The largest absolute Gasteiger partial charge is 0.322 e. The van der Waals surface area contributed by atoms with E-state index in [2.05, 4.69) is 5.32 Å². The molecule has 1 fully saturated rings. The average molecular weight is 337 g/mol. The molecule has 0 spiro atoms. The van der Waals surface area contributed by atoms with E-state index in [0.717, 1.165) is 22.5 Å². The van der Waals surface area contributed by atoms with Gasteiger partial charge in [-0.15, -0.1) is 0 Å². The molecular formula is C20H23N3O2. The van der Waals surface area contributed by atoms with Crippen LogP contribution in [0.5, 0.6) is 0 Å². The second-order valence-corrected chi connectivity index (χ2v) is 6.44. The molecule has 2 aromatic rings. The topological polar surface area (TPSA) is 52.7 Å². The Balaban J connectivity index is 1.72. The first-order chi connectivity index (χ1) is 12.0. The van der Waals surface area contributed by atoms with E-state index in [9.17, 15) is 9.59 Å². The molecule has 3 rings (SSSR count). The van der Waals surface area contributed by atoms with Crippen LogP contribution in [0.1, 0.15) is 18.1 Å². The molecule has 2 aromatic carbocycles. The number of aryl methyl sites for hydroxylation is 2. The second-order valence-electron chi connectivity index (χ2n) is 6.44. The van der Waals surface area contributed by atoms with E-state index in [-0.39, 0.29) is 11.9 Å². The van der Waals surface area contributed by atoms with E-state index in [1.54, 1.807) is 16.7 Å². The minimum atomic E-state index is -0.501. The lowest BCUT2D eigenvalue weighted by atomic mass is 10.1. The predicted octanol–water partition coefficient (Wildman–Crippen LogP) is 3.57. The van der Waals surface area contributed by atoms with E-state index in [1.807, 2.05) is 62.4 Å². The van der Waals surface area contributed by atoms with E-state index in [1.165, 1.54) is 0 Å². The van der Waals surface area contributed by atoms with Crippen molar-refractivity contribution in [2.45, 2.75) is 26.8 Å². The Labute approximate surface area is 148 Å². The quantitative estimate of drug-likeness (QED) is 0.911. The van der Waals surface area contributed by atoms with Crippen molar-refractivity contribution in [2.24, 2.45) is 0 Å². The maximum Gasteiger partial charge on any atom is 0.322 e. The number of urea groups is 1. The highest BCUT2D eigenvalue weighted by Gasteiger charge is 2.35. The van der Waals surface area contributed by atoms with Crippen LogP contribution in [0, 0.1) is 13.8 Å². The Kier molecular flexibility index (Phi) is 4.74. The van der Waals surface area contributed by atoms with Crippen molar-refractivity contribution >= 4 is 23.3 Å². The molecule has 5 heteroatoms. The van der Waals surface area contributed by atoms with E-state index in [0.29, 0.717) is 13.1 Å². The van der Waals surface area contributed by atoms with Crippen molar-refractivity contribution in [3.8, 4) is 0 Å². The fourth-order valence-electron chi connectivity index (χ4n) is 3.09. The lowest BCUT2D eigenvalue weighted by molar-refractivity contribution is -0.123. The summed E-state index contributed by atoms with van der Waals surface area (Å²) in [7, 11) is 0. The van der Waals surface area contributed by atoms with Crippen LogP contribution in [0.2, 0.25) is 0 Å². The molecule has 0 unspecified atom stereocenters. The molecule has 1 aliphatic heterocycles. The molecule has 3 amide bonds. The van der Waals surface area contributed by atoms with Gasteiger partial charge >= 0.3 is 6.03 Å². The van der Waals surface area contributed by atoms with Gasteiger partial charge in [-0.3, -0.25) is 4.79 Å². The summed E-state index contributed by atoms with van der Waals surface area (Å²) >= 11 is 0. The van der Waals surface area contributed by atoms with E-state index >= 15 is 0 Å². The summed E-state index contributed by atoms with van der Waals surface area (Å²) in [5, 5.41) is 2.87. The lowest BCUT2D eigenvalue weighted by Gasteiger charge is -2.39. The van der Waals surface area contributed by atoms with Gasteiger partial charge in [0.25, 0.3) is 0 Å². The summed E-state index contributed by atoms with van der Waals surface area (Å²) < 4.78 is 0. The summed E-state index contributed by atoms with van der Waals surface area (Å²) in [6.07, 6.45) is 0. The number of rotatable bonds is 2. The number of benzene rings is 2. The number of para-hydroxylation sites is 1. The van der Waals surface area contributed by atoms with Gasteiger partial charge in [0.05, 0.1) is 0 Å². The third-order valence-electron chi connectivity index (χ3n) is 4.63. The number of hydrogen-bond donors (Lipinski definition) is 1. The molecule has 25 heavy (non-hydrogen) atoms. The molecule has 5 nitrogen and oxygen atoms in total. The molecule has 1 heterocycles. The Morgan fingerprint density at radius 1 is 1.04 bits per heavy atom. The Hall–Kier alpha value is -2.82. The monoisotopic (exact) mass is 337 g/mol. The van der Waals surface area contributed by atoms with Gasteiger partial charge in [0.2, 0.25) is 5.91 Å². The highest BCUT2D eigenvalue weighted by Crippen LogP contribution is 2.24. The number of hydrogen-bond acceptors (Lipinski definition) is 2. The number of anilines is 2. The fourth-order valence-corrected chi connectivity index (χ4v) is 3.09. The van der Waals surface area contributed by atoms with Crippen LogP contribution in [0.15, 0.2) is 48.5 Å². The highest BCUT2D eigenvalue weighted by atomic mass is 16.2. The Morgan fingerprint density at radius 2 is 1.72 bits per heavy atom. The lowest BCUT2D eigenvalue weighted by Crippen LogP contribution is -2.58. The van der Waals surface area contributed by atoms with E-state index < -0.39 is 6.04 Å². The van der Waals surface area contributed by atoms with Gasteiger partial charge in [-0.1, -0.05) is 35.9 Å². The van der Waals surface area contributed by atoms with Crippen LogP contribution in [-0.4, -0.2) is 36.0 Å². The standard InChI is InChI=1S/C20H23N3O2/c1-14-8-10-17(11-9-14)21-20(25)22-12-13-23(19(24)16(22)3)18-7-5-4-6-15(18)2/h4-11,16H,12-13H2,1-3H3,(H,21,25)/t16-/m0/s1. The van der Waals surface area contributed by atoms with Gasteiger partial charge in [0, 0.05) is 24.5 Å². The molecule has 0 saturated carbocycles. The van der Waals surface area contributed by atoms with Gasteiger partial charge in [0.15, 0.2) is 0 Å². The normalized spacial score (nSPS) is 17.6. The average Bonchev–Trinajstić information content (AvgIpc) is 2.60. The molecule has 0 radical (unpaired) electrons. The maximum absolute atomic E-state index is 12.8. The maximum atomic E-state index is 12.8. The third-order valence-corrected chi connectivity index (χ3v) is 4.63. The fraction of sp³-hybridized carbons (Fsp3) is 0.300. The number of piperazine rings is 1. The van der Waals surface area contributed by atoms with Gasteiger partial charge in [-0.05, 0) is 44.5 Å². The molecule has 0 bridgehead atoms. The second kappa shape index (κ2) is 6.97.